The van der Waals surface area contributed by atoms with Crippen LogP contribution in [0.25, 0.3) is 11.1 Å². The van der Waals surface area contributed by atoms with E-state index in [9.17, 15) is 14.7 Å². The van der Waals surface area contributed by atoms with Gasteiger partial charge in [-0.1, -0.05) is 50.2 Å². The van der Waals surface area contributed by atoms with Gasteiger partial charge in [0.2, 0.25) is 5.91 Å². The first-order chi connectivity index (χ1) is 14.4. The molecule has 0 spiro atoms. The van der Waals surface area contributed by atoms with Crippen molar-refractivity contribution in [2.24, 2.45) is 0 Å². The summed E-state index contributed by atoms with van der Waals surface area (Å²) in [7, 11) is 1.58. The summed E-state index contributed by atoms with van der Waals surface area (Å²) in [6.07, 6.45) is 0.301. The van der Waals surface area contributed by atoms with Crippen molar-refractivity contribution in [1.82, 2.24) is 0 Å². The zero-order chi connectivity index (χ0) is 21.4. The summed E-state index contributed by atoms with van der Waals surface area (Å²) < 4.78 is 5.21. The number of hydrogen-bond donors (Lipinski definition) is 2. The van der Waals surface area contributed by atoms with Gasteiger partial charge >= 0.3 is 5.97 Å². The fourth-order valence-corrected chi connectivity index (χ4v) is 5.10. The van der Waals surface area contributed by atoms with Crippen LogP contribution < -0.4 is 10.1 Å². The van der Waals surface area contributed by atoms with Crippen LogP contribution in [0.3, 0.4) is 0 Å². The predicted octanol–water partition coefficient (Wildman–Crippen LogP) is 5.72. The second-order valence-corrected chi connectivity index (χ2v) is 8.76. The molecule has 1 unspecified atom stereocenters. The SMILES string of the molecule is COc1ccc(-c2c(C(=O)O)sc3c2NC(=O)CC3c2ccc(C(C)C)cc2)cc1. The smallest absolute Gasteiger partial charge is 0.346 e. The third kappa shape index (κ3) is 3.59. The number of aromatic carboxylic acids is 1. The van der Waals surface area contributed by atoms with Crippen LogP contribution >= 0.6 is 11.3 Å². The van der Waals surface area contributed by atoms with E-state index in [4.69, 9.17) is 4.74 Å². The predicted molar refractivity (Wildman–Crippen MR) is 119 cm³/mol. The number of nitrogens with one attached hydrogen (secondary N) is 1. The van der Waals surface area contributed by atoms with E-state index in [0.29, 0.717) is 29.3 Å². The summed E-state index contributed by atoms with van der Waals surface area (Å²) in [4.78, 5) is 25.7. The van der Waals surface area contributed by atoms with Gasteiger partial charge in [-0.25, -0.2) is 4.79 Å². The molecule has 154 valence electrons. The van der Waals surface area contributed by atoms with Gasteiger partial charge < -0.3 is 15.2 Å². The lowest BCUT2D eigenvalue weighted by molar-refractivity contribution is -0.116. The quantitative estimate of drug-likeness (QED) is 0.552. The Morgan fingerprint density at radius 1 is 1.13 bits per heavy atom. The number of fused-ring (bicyclic) bond motifs is 1. The maximum atomic E-state index is 12.6. The standard InChI is InChI=1S/C24H23NO4S/c1-13(2)14-4-6-15(7-5-14)18-12-19(26)25-21-20(23(24(27)28)30-22(18)21)16-8-10-17(29-3)11-9-16/h4-11,13,18H,12H2,1-3H3,(H,25,26)(H,27,28). The summed E-state index contributed by atoms with van der Waals surface area (Å²) in [6.45, 7) is 4.28. The highest BCUT2D eigenvalue weighted by molar-refractivity contribution is 7.15. The lowest BCUT2D eigenvalue weighted by Gasteiger charge is -2.24. The largest absolute Gasteiger partial charge is 0.497 e. The molecule has 1 aromatic heterocycles. The number of hydrogen-bond acceptors (Lipinski definition) is 4. The van der Waals surface area contributed by atoms with Gasteiger partial charge in [-0.05, 0) is 34.7 Å². The number of benzene rings is 2. The molecule has 1 atom stereocenters. The van der Waals surface area contributed by atoms with Crippen LogP contribution in [-0.2, 0) is 4.79 Å². The number of carboxylic acid groups (broad SMARTS) is 1. The first-order valence-electron chi connectivity index (χ1n) is 9.83. The number of ether oxygens (including phenoxy) is 1. The van der Waals surface area contributed by atoms with E-state index in [1.54, 1.807) is 19.2 Å². The normalized spacial score (nSPS) is 15.6. The zero-order valence-corrected chi connectivity index (χ0v) is 17.9. The number of rotatable bonds is 5. The number of methoxy groups -OCH3 is 1. The van der Waals surface area contributed by atoms with Crippen molar-refractivity contribution in [2.45, 2.75) is 32.1 Å². The van der Waals surface area contributed by atoms with Gasteiger partial charge in [0.1, 0.15) is 10.6 Å². The molecule has 1 amide bonds. The maximum absolute atomic E-state index is 12.6. The summed E-state index contributed by atoms with van der Waals surface area (Å²) in [5.74, 6) is -0.156. The molecule has 6 heteroatoms. The Bertz CT molecular complexity index is 1100. The first kappa shape index (κ1) is 20.2. The average Bonchev–Trinajstić information content (AvgIpc) is 3.13. The highest BCUT2D eigenvalue weighted by Crippen LogP contribution is 2.49. The fraction of sp³-hybridized carbons (Fsp3) is 0.250. The minimum Gasteiger partial charge on any atom is -0.497 e. The Labute approximate surface area is 179 Å². The third-order valence-corrected chi connectivity index (χ3v) is 6.78. The Hall–Kier alpha value is -3.12. The summed E-state index contributed by atoms with van der Waals surface area (Å²) in [5.41, 5.74) is 4.16. The number of amides is 1. The van der Waals surface area contributed by atoms with E-state index in [-0.39, 0.29) is 16.7 Å². The molecular formula is C24H23NO4S. The molecule has 1 aliphatic heterocycles. The molecule has 1 aliphatic rings. The Balaban J connectivity index is 1.85. The van der Waals surface area contributed by atoms with Crippen LogP contribution in [0.5, 0.6) is 5.75 Å². The number of carboxylic acids is 1. The summed E-state index contributed by atoms with van der Waals surface area (Å²) >= 11 is 1.24. The number of carbonyl (C=O) groups is 2. The average molecular weight is 422 g/mol. The molecule has 2 N–H and O–H groups in total. The third-order valence-electron chi connectivity index (χ3n) is 5.48. The number of anilines is 1. The van der Waals surface area contributed by atoms with E-state index < -0.39 is 5.97 Å². The van der Waals surface area contributed by atoms with Crippen molar-refractivity contribution < 1.29 is 19.4 Å². The molecule has 2 heterocycles. The minimum absolute atomic E-state index is 0.107. The molecule has 5 nitrogen and oxygen atoms in total. The van der Waals surface area contributed by atoms with Crippen LogP contribution in [0, 0.1) is 0 Å². The number of thiophene rings is 1. The van der Waals surface area contributed by atoms with Crippen LogP contribution in [0.1, 0.15) is 57.8 Å². The van der Waals surface area contributed by atoms with Crippen molar-refractivity contribution >= 4 is 28.9 Å². The van der Waals surface area contributed by atoms with Gasteiger partial charge in [0.15, 0.2) is 0 Å². The van der Waals surface area contributed by atoms with E-state index in [2.05, 4.69) is 43.4 Å². The second-order valence-electron chi connectivity index (χ2n) is 7.71. The molecular weight excluding hydrogens is 398 g/mol. The van der Waals surface area contributed by atoms with Gasteiger partial charge in [0.05, 0.1) is 12.8 Å². The molecule has 30 heavy (non-hydrogen) atoms. The maximum Gasteiger partial charge on any atom is 0.346 e. The molecule has 4 rings (SSSR count). The molecule has 2 aromatic carbocycles. The van der Waals surface area contributed by atoms with Crippen molar-refractivity contribution in [3.8, 4) is 16.9 Å². The van der Waals surface area contributed by atoms with E-state index in [0.717, 1.165) is 16.0 Å². The molecule has 0 radical (unpaired) electrons. The summed E-state index contributed by atoms with van der Waals surface area (Å²) in [5, 5.41) is 12.8. The minimum atomic E-state index is -0.997. The Morgan fingerprint density at radius 2 is 1.80 bits per heavy atom. The Morgan fingerprint density at radius 3 is 2.37 bits per heavy atom. The van der Waals surface area contributed by atoms with Crippen molar-refractivity contribution in [1.29, 1.82) is 0 Å². The van der Waals surface area contributed by atoms with Gasteiger partial charge in [-0.15, -0.1) is 11.3 Å². The highest BCUT2D eigenvalue weighted by atomic mass is 32.1. The zero-order valence-electron chi connectivity index (χ0n) is 17.1. The van der Waals surface area contributed by atoms with Crippen molar-refractivity contribution in [2.75, 3.05) is 12.4 Å². The lowest BCUT2D eigenvalue weighted by Crippen LogP contribution is -2.22. The van der Waals surface area contributed by atoms with Gasteiger partial charge in [0, 0.05) is 22.8 Å². The number of carbonyl (C=O) groups excluding carboxylic acids is 1. The van der Waals surface area contributed by atoms with E-state index >= 15 is 0 Å². The monoisotopic (exact) mass is 421 g/mol. The topological polar surface area (TPSA) is 75.6 Å². The first-order valence-corrected chi connectivity index (χ1v) is 10.6. The second kappa shape index (κ2) is 7.95. The van der Waals surface area contributed by atoms with Crippen LogP contribution in [0.4, 0.5) is 5.69 Å². The highest BCUT2D eigenvalue weighted by Gasteiger charge is 2.34. The molecule has 0 saturated heterocycles. The van der Waals surface area contributed by atoms with Crippen LogP contribution in [0.2, 0.25) is 0 Å². The van der Waals surface area contributed by atoms with Crippen molar-refractivity contribution in [3.63, 3.8) is 0 Å². The van der Waals surface area contributed by atoms with Gasteiger partial charge in [-0.2, -0.15) is 0 Å². The van der Waals surface area contributed by atoms with Crippen LogP contribution in [-0.4, -0.2) is 24.1 Å². The molecule has 0 bridgehead atoms. The van der Waals surface area contributed by atoms with E-state index in [1.165, 1.54) is 16.9 Å². The van der Waals surface area contributed by atoms with Crippen molar-refractivity contribution in [3.05, 3.63) is 69.4 Å². The Kier molecular flexibility index (Phi) is 5.35. The molecule has 0 aliphatic carbocycles. The van der Waals surface area contributed by atoms with E-state index in [1.807, 2.05) is 12.1 Å². The van der Waals surface area contributed by atoms with Gasteiger partial charge in [-0.3, -0.25) is 4.79 Å². The van der Waals surface area contributed by atoms with Crippen LogP contribution in [0.15, 0.2) is 48.5 Å². The molecule has 0 fully saturated rings. The molecule has 0 saturated carbocycles. The lowest BCUT2D eigenvalue weighted by atomic mass is 9.87. The van der Waals surface area contributed by atoms with Gasteiger partial charge in [0.25, 0.3) is 0 Å². The fourth-order valence-electron chi connectivity index (χ4n) is 3.85. The summed E-state index contributed by atoms with van der Waals surface area (Å²) in [6, 6.07) is 15.5. The molecule has 3 aromatic rings.